The van der Waals surface area contributed by atoms with Gasteiger partial charge in [-0.3, -0.25) is 9.80 Å². The van der Waals surface area contributed by atoms with Crippen LogP contribution in [0, 0.1) is 11.8 Å². The molecule has 2 saturated heterocycles. The molecule has 0 aromatic heterocycles. The summed E-state index contributed by atoms with van der Waals surface area (Å²) in [6, 6.07) is 5.03. The van der Waals surface area contributed by atoms with Crippen LogP contribution in [0.5, 0.6) is 17.2 Å². The van der Waals surface area contributed by atoms with Crippen LogP contribution < -0.4 is 14.2 Å². The summed E-state index contributed by atoms with van der Waals surface area (Å²) in [5.74, 6) is 3.83. The molecule has 1 aromatic rings. The van der Waals surface area contributed by atoms with Crippen molar-refractivity contribution < 1.29 is 14.2 Å². The highest BCUT2D eigenvalue weighted by Gasteiger charge is 2.42. The largest absolute Gasteiger partial charge is 0.493 e. The summed E-state index contributed by atoms with van der Waals surface area (Å²) in [4.78, 5) is 5.50. The van der Waals surface area contributed by atoms with Crippen molar-refractivity contribution in [2.24, 2.45) is 11.8 Å². The van der Waals surface area contributed by atoms with E-state index in [1.54, 1.807) is 21.3 Å². The predicted molar refractivity (Wildman–Crippen MR) is 111 cm³/mol. The van der Waals surface area contributed by atoms with Gasteiger partial charge in [-0.25, -0.2) is 0 Å². The highest BCUT2D eigenvalue weighted by atomic mass is 16.5. The Bertz CT molecular complexity index is 620. The molecule has 2 unspecified atom stereocenters. The van der Waals surface area contributed by atoms with E-state index < -0.39 is 0 Å². The van der Waals surface area contributed by atoms with Gasteiger partial charge in [-0.1, -0.05) is 12.8 Å². The number of fused-ring (bicyclic) bond motifs is 2. The van der Waals surface area contributed by atoms with Crippen LogP contribution in [-0.2, 0) is 6.54 Å². The molecular formula is C23H36N2O3. The fourth-order valence-corrected chi connectivity index (χ4v) is 5.93. The third-order valence-electron chi connectivity index (χ3n) is 7.04. The van der Waals surface area contributed by atoms with Crippen molar-refractivity contribution in [2.45, 2.75) is 51.1 Å². The van der Waals surface area contributed by atoms with Crippen molar-refractivity contribution in [3.63, 3.8) is 0 Å². The molecule has 0 N–H and O–H groups in total. The van der Waals surface area contributed by atoms with Crippen LogP contribution >= 0.6 is 0 Å². The molecule has 5 nitrogen and oxygen atoms in total. The molecule has 28 heavy (non-hydrogen) atoms. The quantitative estimate of drug-likeness (QED) is 0.740. The Labute approximate surface area is 169 Å². The van der Waals surface area contributed by atoms with Crippen molar-refractivity contribution in [1.82, 2.24) is 9.80 Å². The van der Waals surface area contributed by atoms with Crippen LogP contribution in [0.4, 0.5) is 0 Å². The normalized spacial score (nSPS) is 28.8. The number of methoxy groups -OCH3 is 3. The molecule has 2 bridgehead atoms. The van der Waals surface area contributed by atoms with Gasteiger partial charge in [-0.15, -0.1) is 0 Å². The van der Waals surface area contributed by atoms with E-state index in [0.29, 0.717) is 5.75 Å². The molecule has 4 rings (SSSR count). The zero-order valence-electron chi connectivity index (χ0n) is 17.8. The summed E-state index contributed by atoms with van der Waals surface area (Å²) in [6.45, 7) is 6.04. The second-order valence-electron chi connectivity index (χ2n) is 8.77. The number of ether oxygens (including phenoxy) is 3. The summed E-state index contributed by atoms with van der Waals surface area (Å²) in [6.07, 6.45) is 8.41. The van der Waals surface area contributed by atoms with Gasteiger partial charge >= 0.3 is 0 Å². The minimum atomic E-state index is 0.675. The fourth-order valence-electron chi connectivity index (χ4n) is 5.93. The predicted octanol–water partition coefficient (Wildman–Crippen LogP) is 3.80. The molecule has 3 aliphatic rings. The average Bonchev–Trinajstić information content (AvgIpc) is 2.73. The molecular weight excluding hydrogens is 352 g/mol. The second kappa shape index (κ2) is 8.91. The van der Waals surface area contributed by atoms with E-state index in [2.05, 4.69) is 21.9 Å². The lowest BCUT2D eigenvalue weighted by Gasteiger charge is -2.52. The first-order chi connectivity index (χ1) is 13.7. The molecule has 1 saturated carbocycles. The Morgan fingerprint density at radius 1 is 0.821 bits per heavy atom. The van der Waals surface area contributed by atoms with Gasteiger partial charge in [0.05, 0.1) is 21.3 Å². The zero-order valence-corrected chi connectivity index (χ0v) is 17.8. The topological polar surface area (TPSA) is 34.2 Å². The number of benzene rings is 1. The maximum Gasteiger partial charge on any atom is 0.203 e. The highest BCUT2D eigenvalue weighted by Crippen LogP contribution is 2.41. The molecule has 5 heteroatoms. The molecule has 0 radical (unpaired) electrons. The fraction of sp³-hybridized carbons (Fsp3) is 0.739. The second-order valence-corrected chi connectivity index (χ2v) is 8.77. The Kier molecular flexibility index (Phi) is 6.32. The van der Waals surface area contributed by atoms with E-state index in [9.17, 15) is 0 Å². The minimum absolute atomic E-state index is 0.675. The van der Waals surface area contributed by atoms with E-state index in [-0.39, 0.29) is 0 Å². The SMILES string of the molecule is COc1cc(CN2CC3CCCC(C2)C3N2CCCCC2)cc(OC)c1OC. The number of likely N-dealkylation sites (tertiary alicyclic amines) is 2. The number of hydrogen-bond donors (Lipinski definition) is 0. The molecule has 1 aliphatic carbocycles. The van der Waals surface area contributed by atoms with Gasteiger partial charge in [0.25, 0.3) is 0 Å². The van der Waals surface area contributed by atoms with Crippen LogP contribution in [0.15, 0.2) is 12.1 Å². The van der Waals surface area contributed by atoms with E-state index >= 15 is 0 Å². The first kappa shape index (κ1) is 19.8. The third-order valence-corrected chi connectivity index (χ3v) is 7.04. The van der Waals surface area contributed by atoms with Crippen molar-refractivity contribution in [2.75, 3.05) is 47.5 Å². The zero-order chi connectivity index (χ0) is 19.5. The number of nitrogens with zero attached hydrogens (tertiary/aromatic N) is 2. The standard InChI is InChI=1S/C23H36N2O3/c1-26-20-12-17(13-21(27-2)23(20)28-3)14-24-15-18-8-7-9-19(16-24)22(18)25-10-5-4-6-11-25/h12-13,18-19,22H,4-11,14-16H2,1-3H3. The highest BCUT2D eigenvalue weighted by molar-refractivity contribution is 5.53. The van der Waals surface area contributed by atoms with Crippen molar-refractivity contribution >= 4 is 0 Å². The van der Waals surface area contributed by atoms with Crippen LogP contribution in [0.1, 0.15) is 44.1 Å². The number of hydrogen-bond acceptors (Lipinski definition) is 5. The van der Waals surface area contributed by atoms with Crippen molar-refractivity contribution in [3.05, 3.63) is 17.7 Å². The molecule has 0 spiro atoms. The van der Waals surface area contributed by atoms with Gasteiger partial charge < -0.3 is 14.2 Å². The number of rotatable bonds is 6. The first-order valence-corrected chi connectivity index (χ1v) is 11.0. The van der Waals surface area contributed by atoms with Crippen LogP contribution in [0.25, 0.3) is 0 Å². The van der Waals surface area contributed by atoms with Crippen LogP contribution in [0.3, 0.4) is 0 Å². The first-order valence-electron chi connectivity index (χ1n) is 11.0. The maximum absolute atomic E-state index is 5.55. The third kappa shape index (κ3) is 3.97. The number of piperidine rings is 2. The molecule has 3 fully saturated rings. The van der Waals surface area contributed by atoms with Gasteiger partial charge in [0.1, 0.15) is 0 Å². The van der Waals surface area contributed by atoms with Gasteiger partial charge in [-0.2, -0.15) is 0 Å². The molecule has 2 aliphatic heterocycles. The summed E-state index contributed by atoms with van der Waals surface area (Å²) in [7, 11) is 5.04. The van der Waals surface area contributed by atoms with Crippen molar-refractivity contribution in [3.8, 4) is 17.2 Å². The lowest BCUT2D eigenvalue weighted by molar-refractivity contribution is -0.0290. The van der Waals surface area contributed by atoms with E-state index in [0.717, 1.165) is 35.9 Å². The molecule has 156 valence electrons. The lowest BCUT2D eigenvalue weighted by atomic mass is 9.72. The molecule has 0 amide bonds. The van der Waals surface area contributed by atoms with Gasteiger partial charge in [0.2, 0.25) is 5.75 Å². The van der Waals surface area contributed by atoms with Crippen LogP contribution in [-0.4, -0.2) is 63.4 Å². The van der Waals surface area contributed by atoms with Crippen molar-refractivity contribution in [1.29, 1.82) is 0 Å². The summed E-state index contributed by atoms with van der Waals surface area (Å²) in [5.41, 5.74) is 1.24. The summed E-state index contributed by atoms with van der Waals surface area (Å²) >= 11 is 0. The Hall–Kier alpha value is -1.46. The minimum Gasteiger partial charge on any atom is -0.493 e. The van der Waals surface area contributed by atoms with Gasteiger partial charge in [0.15, 0.2) is 11.5 Å². The van der Waals surface area contributed by atoms with E-state index in [4.69, 9.17) is 14.2 Å². The molecule has 1 aromatic carbocycles. The summed E-state index contributed by atoms with van der Waals surface area (Å²) < 4.78 is 16.6. The van der Waals surface area contributed by atoms with Gasteiger partial charge in [0, 0.05) is 25.7 Å². The lowest BCUT2D eigenvalue weighted by Crippen LogP contribution is -2.58. The molecule has 2 heterocycles. The van der Waals surface area contributed by atoms with Crippen LogP contribution in [0.2, 0.25) is 0 Å². The Balaban J connectivity index is 1.48. The maximum atomic E-state index is 5.55. The monoisotopic (exact) mass is 388 g/mol. The smallest absolute Gasteiger partial charge is 0.203 e. The average molecular weight is 389 g/mol. The van der Waals surface area contributed by atoms with E-state index in [1.807, 2.05) is 0 Å². The van der Waals surface area contributed by atoms with Gasteiger partial charge in [-0.05, 0) is 68.3 Å². The Morgan fingerprint density at radius 3 is 1.96 bits per heavy atom. The van der Waals surface area contributed by atoms with E-state index in [1.165, 1.54) is 70.3 Å². The Morgan fingerprint density at radius 2 is 1.43 bits per heavy atom. The molecule has 2 atom stereocenters. The summed E-state index contributed by atoms with van der Waals surface area (Å²) in [5, 5.41) is 0.